The van der Waals surface area contributed by atoms with E-state index < -0.39 is 0 Å². The summed E-state index contributed by atoms with van der Waals surface area (Å²) >= 11 is 5.84. The highest BCUT2D eigenvalue weighted by molar-refractivity contribution is 6.30. The third kappa shape index (κ3) is 2.94. The summed E-state index contributed by atoms with van der Waals surface area (Å²) in [6, 6.07) is 9.00. The van der Waals surface area contributed by atoms with Crippen molar-refractivity contribution in [1.82, 2.24) is 4.98 Å². The van der Waals surface area contributed by atoms with E-state index in [9.17, 15) is 4.39 Å². The first-order valence-corrected chi connectivity index (χ1v) is 7.67. The Morgan fingerprint density at radius 2 is 2.19 bits per heavy atom. The smallest absolute Gasteiger partial charge is 0.145 e. The van der Waals surface area contributed by atoms with E-state index >= 15 is 0 Å². The van der Waals surface area contributed by atoms with Gasteiger partial charge in [0, 0.05) is 23.9 Å². The molecule has 2 N–H and O–H groups in total. The van der Waals surface area contributed by atoms with Gasteiger partial charge in [-0.1, -0.05) is 29.8 Å². The Bertz CT molecular complexity index is 644. The fraction of sp³-hybridized carbons (Fsp3) is 0.353. The molecule has 3 rings (SSSR count). The van der Waals surface area contributed by atoms with Gasteiger partial charge in [-0.15, -0.1) is 0 Å². The number of halogens is 2. The maximum absolute atomic E-state index is 14.0. The summed E-state index contributed by atoms with van der Waals surface area (Å²) in [6.45, 7) is 0. The molecule has 21 heavy (non-hydrogen) atoms. The molecule has 1 heterocycles. The van der Waals surface area contributed by atoms with Crippen LogP contribution in [0.25, 0.3) is 0 Å². The molecule has 1 aromatic heterocycles. The molecule has 0 saturated carbocycles. The lowest BCUT2D eigenvalue weighted by molar-refractivity contribution is 0.444. The average Bonchev–Trinajstić information content (AvgIpc) is 2.51. The van der Waals surface area contributed by atoms with E-state index in [0.717, 1.165) is 25.0 Å². The van der Waals surface area contributed by atoms with Crippen LogP contribution < -0.4 is 5.73 Å². The van der Waals surface area contributed by atoms with Crippen LogP contribution in [0.15, 0.2) is 36.5 Å². The van der Waals surface area contributed by atoms with Crippen LogP contribution in [0, 0.1) is 5.82 Å². The van der Waals surface area contributed by atoms with Gasteiger partial charge in [0.2, 0.25) is 0 Å². The van der Waals surface area contributed by atoms with Crippen LogP contribution in [0.3, 0.4) is 0 Å². The Hall–Kier alpha value is -1.45. The maximum Gasteiger partial charge on any atom is 0.145 e. The van der Waals surface area contributed by atoms with Crippen LogP contribution in [0.2, 0.25) is 5.02 Å². The van der Waals surface area contributed by atoms with Crippen molar-refractivity contribution in [2.24, 2.45) is 5.73 Å². The van der Waals surface area contributed by atoms with Gasteiger partial charge in [-0.3, -0.25) is 4.98 Å². The van der Waals surface area contributed by atoms with E-state index in [1.165, 1.54) is 5.56 Å². The molecule has 2 unspecified atom stereocenters. The molecule has 4 heteroatoms. The molecule has 0 fully saturated rings. The first kappa shape index (κ1) is 14.5. The highest BCUT2D eigenvalue weighted by Gasteiger charge is 2.27. The molecular weight excluding hydrogens is 287 g/mol. The highest BCUT2D eigenvalue weighted by atomic mass is 35.5. The van der Waals surface area contributed by atoms with E-state index in [0.29, 0.717) is 12.0 Å². The van der Waals surface area contributed by atoms with Crippen molar-refractivity contribution in [3.8, 4) is 0 Å². The average molecular weight is 305 g/mol. The quantitative estimate of drug-likeness (QED) is 0.935. The summed E-state index contributed by atoms with van der Waals surface area (Å²) in [5.41, 5.74) is 9.30. The molecule has 0 saturated heterocycles. The van der Waals surface area contributed by atoms with Gasteiger partial charge >= 0.3 is 0 Å². The van der Waals surface area contributed by atoms with Crippen molar-refractivity contribution in [3.63, 3.8) is 0 Å². The van der Waals surface area contributed by atoms with Crippen LogP contribution in [0.1, 0.15) is 35.6 Å². The molecule has 1 aromatic carbocycles. The summed E-state index contributed by atoms with van der Waals surface area (Å²) in [5.74, 6) is -0.167. The van der Waals surface area contributed by atoms with Gasteiger partial charge in [0.25, 0.3) is 0 Å². The number of nitrogens with two attached hydrogens (primary N) is 1. The third-order valence-corrected chi connectivity index (χ3v) is 4.53. The monoisotopic (exact) mass is 304 g/mol. The molecular formula is C17H18ClFN2. The van der Waals surface area contributed by atoms with Crippen LogP contribution >= 0.6 is 11.6 Å². The van der Waals surface area contributed by atoms with Gasteiger partial charge in [0.1, 0.15) is 5.82 Å². The molecule has 0 aliphatic heterocycles. The Labute approximate surface area is 129 Å². The molecule has 0 amide bonds. The summed E-state index contributed by atoms with van der Waals surface area (Å²) in [4.78, 5) is 4.50. The molecule has 0 bridgehead atoms. The van der Waals surface area contributed by atoms with Crippen molar-refractivity contribution >= 4 is 11.6 Å². The number of fused-ring (bicyclic) bond motifs is 1. The first-order chi connectivity index (χ1) is 10.2. The standard InChI is InChI=1S/C17H18ClFN2/c18-14-8-2-5-12(16(14)19)10-15(20)13-7-1-4-11-6-3-9-21-17(11)13/h2-3,5-6,8-9,13,15H,1,4,7,10,20H2. The van der Waals surface area contributed by atoms with Crippen molar-refractivity contribution < 1.29 is 4.39 Å². The zero-order valence-corrected chi connectivity index (χ0v) is 12.5. The number of rotatable bonds is 3. The lowest BCUT2D eigenvalue weighted by Crippen LogP contribution is -2.33. The van der Waals surface area contributed by atoms with Crippen LogP contribution in [0.5, 0.6) is 0 Å². The Balaban J connectivity index is 1.83. The second-order valence-corrected chi connectivity index (χ2v) is 6.03. The van der Waals surface area contributed by atoms with Gasteiger partial charge in [0.15, 0.2) is 0 Å². The molecule has 2 aromatic rings. The largest absolute Gasteiger partial charge is 0.327 e. The van der Waals surface area contributed by atoms with Crippen LogP contribution in [-0.2, 0) is 12.8 Å². The van der Waals surface area contributed by atoms with Gasteiger partial charge in [-0.25, -0.2) is 4.39 Å². The third-order valence-electron chi connectivity index (χ3n) is 4.24. The SMILES string of the molecule is NC(Cc1cccc(Cl)c1F)C1CCCc2cccnc21. The van der Waals surface area contributed by atoms with Crippen LogP contribution in [-0.4, -0.2) is 11.0 Å². The van der Waals surface area contributed by atoms with Crippen molar-refractivity contribution in [1.29, 1.82) is 0 Å². The predicted molar refractivity (Wildman–Crippen MR) is 83.0 cm³/mol. The molecule has 2 atom stereocenters. The molecule has 0 spiro atoms. The fourth-order valence-electron chi connectivity index (χ4n) is 3.16. The number of pyridine rings is 1. The van der Waals surface area contributed by atoms with E-state index in [4.69, 9.17) is 17.3 Å². The van der Waals surface area contributed by atoms with Gasteiger partial charge in [-0.05, 0) is 48.9 Å². The molecule has 1 aliphatic rings. The number of hydrogen-bond acceptors (Lipinski definition) is 2. The Morgan fingerprint density at radius 1 is 1.33 bits per heavy atom. The van der Waals surface area contributed by atoms with Gasteiger partial charge in [0.05, 0.1) is 5.02 Å². The summed E-state index contributed by atoms with van der Waals surface area (Å²) in [7, 11) is 0. The zero-order chi connectivity index (χ0) is 14.8. The number of aryl methyl sites for hydroxylation is 1. The van der Waals surface area contributed by atoms with Gasteiger partial charge < -0.3 is 5.73 Å². The van der Waals surface area contributed by atoms with Crippen molar-refractivity contribution in [3.05, 3.63) is 64.2 Å². The normalized spacial score (nSPS) is 19.1. The van der Waals surface area contributed by atoms with Gasteiger partial charge in [-0.2, -0.15) is 0 Å². The molecule has 110 valence electrons. The van der Waals surface area contributed by atoms with E-state index in [-0.39, 0.29) is 22.8 Å². The first-order valence-electron chi connectivity index (χ1n) is 7.29. The summed E-state index contributed by atoms with van der Waals surface area (Å²) < 4.78 is 14.0. The van der Waals surface area contributed by atoms with Crippen molar-refractivity contribution in [2.75, 3.05) is 0 Å². The summed E-state index contributed by atoms with van der Waals surface area (Å²) in [5, 5.41) is 0.155. The number of hydrogen-bond donors (Lipinski definition) is 1. The maximum atomic E-state index is 14.0. The van der Waals surface area contributed by atoms with E-state index in [1.54, 1.807) is 18.2 Å². The molecule has 2 nitrogen and oxygen atoms in total. The second-order valence-electron chi connectivity index (χ2n) is 5.63. The van der Waals surface area contributed by atoms with E-state index in [2.05, 4.69) is 11.1 Å². The number of benzene rings is 1. The zero-order valence-electron chi connectivity index (χ0n) is 11.7. The topological polar surface area (TPSA) is 38.9 Å². The molecule has 0 radical (unpaired) electrons. The lowest BCUT2D eigenvalue weighted by atomic mass is 9.80. The second kappa shape index (κ2) is 6.12. The molecule has 1 aliphatic carbocycles. The van der Waals surface area contributed by atoms with Crippen LogP contribution in [0.4, 0.5) is 4.39 Å². The van der Waals surface area contributed by atoms with E-state index in [1.807, 2.05) is 12.3 Å². The minimum Gasteiger partial charge on any atom is -0.327 e. The van der Waals surface area contributed by atoms with Crippen molar-refractivity contribution in [2.45, 2.75) is 37.6 Å². The fourth-order valence-corrected chi connectivity index (χ4v) is 3.36. The number of nitrogens with zero attached hydrogens (tertiary/aromatic N) is 1. The Kier molecular flexibility index (Phi) is 4.22. The lowest BCUT2D eigenvalue weighted by Gasteiger charge is -2.29. The minimum absolute atomic E-state index is 0.146. The Morgan fingerprint density at radius 3 is 3.05 bits per heavy atom. The summed E-state index contributed by atoms with van der Waals surface area (Å²) in [6.07, 6.45) is 5.46. The minimum atomic E-state index is -0.355. The predicted octanol–water partition coefficient (Wildman–Crippen LogP) is 3.86. The number of aromatic nitrogens is 1. The highest BCUT2D eigenvalue weighted by Crippen LogP contribution is 2.33.